The van der Waals surface area contributed by atoms with Crippen molar-refractivity contribution in [2.45, 2.75) is 19.4 Å². The topological polar surface area (TPSA) is 52.7 Å². The van der Waals surface area contributed by atoms with Crippen molar-refractivity contribution in [1.82, 2.24) is 4.90 Å². The van der Waals surface area contributed by atoms with Gasteiger partial charge < -0.3 is 15.7 Å². The molecule has 112 valence electrons. The van der Waals surface area contributed by atoms with Crippen molar-refractivity contribution >= 4 is 23.0 Å². The summed E-state index contributed by atoms with van der Waals surface area (Å²) in [4.78, 5) is 4.24. The van der Waals surface area contributed by atoms with E-state index in [4.69, 9.17) is 17.3 Å². The number of nitrogens with zero attached hydrogens (tertiary/aromatic N) is 2. The van der Waals surface area contributed by atoms with Gasteiger partial charge >= 0.3 is 0 Å². The van der Waals surface area contributed by atoms with Crippen LogP contribution in [0.5, 0.6) is 0 Å². The van der Waals surface area contributed by atoms with E-state index in [1.54, 1.807) is 13.8 Å². The number of aliphatic hydroxyl groups is 1. The van der Waals surface area contributed by atoms with Crippen molar-refractivity contribution in [2.75, 3.05) is 43.4 Å². The summed E-state index contributed by atoms with van der Waals surface area (Å²) in [6.45, 7) is 7.35. The molecule has 1 aromatic carbocycles. The Bertz CT molecular complexity index is 482. The molecular formula is C14H21ClFN3O. The summed E-state index contributed by atoms with van der Waals surface area (Å²) >= 11 is 5.71. The van der Waals surface area contributed by atoms with Crippen molar-refractivity contribution in [3.63, 3.8) is 0 Å². The van der Waals surface area contributed by atoms with Crippen LogP contribution in [0.1, 0.15) is 13.8 Å². The molecule has 0 radical (unpaired) electrons. The van der Waals surface area contributed by atoms with Crippen LogP contribution >= 0.6 is 11.6 Å². The normalized spacial score (nSPS) is 17.6. The molecule has 0 spiro atoms. The standard InChI is InChI=1S/C14H21ClFN3O/c1-14(2,20)9-18-3-5-19(6-4-18)13-8-11(16)10(15)7-12(13)17/h7-8,20H,3-6,9,17H2,1-2H3. The van der Waals surface area contributed by atoms with Gasteiger partial charge in [-0.1, -0.05) is 11.6 Å². The molecular weight excluding hydrogens is 281 g/mol. The van der Waals surface area contributed by atoms with Gasteiger partial charge in [0.15, 0.2) is 0 Å². The number of β-amino-alcohol motifs (C(OH)–C–C–N with tert-alkyl or cyclic N) is 1. The fourth-order valence-corrected chi connectivity index (χ4v) is 2.69. The molecule has 0 atom stereocenters. The van der Waals surface area contributed by atoms with E-state index >= 15 is 0 Å². The van der Waals surface area contributed by atoms with Gasteiger partial charge in [0.2, 0.25) is 0 Å². The number of nitrogen functional groups attached to an aromatic ring is 1. The molecule has 1 aliphatic heterocycles. The van der Waals surface area contributed by atoms with E-state index in [-0.39, 0.29) is 5.02 Å². The van der Waals surface area contributed by atoms with Gasteiger partial charge in [0.25, 0.3) is 0 Å². The van der Waals surface area contributed by atoms with Crippen LogP contribution in [0.4, 0.5) is 15.8 Å². The van der Waals surface area contributed by atoms with Crippen LogP contribution in [0.2, 0.25) is 5.02 Å². The van der Waals surface area contributed by atoms with Gasteiger partial charge in [-0.25, -0.2) is 4.39 Å². The molecule has 0 aromatic heterocycles. The van der Waals surface area contributed by atoms with E-state index in [9.17, 15) is 9.50 Å². The molecule has 3 N–H and O–H groups in total. The minimum absolute atomic E-state index is 0.0481. The molecule has 1 heterocycles. The van der Waals surface area contributed by atoms with Crippen LogP contribution < -0.4 is 10.6 Å². The number of nitrogens with two attached hydrogens (primary N) is 1. The number of hydrogen-bond donors (Lipinski definition) is 2. The SMILES string of the molecule is CC(C)(O)CN1CCN(c2cc(F)c(Cl)cc2N)CC1. The van der Waals surface area contributed by atoms with Crippen LogP contribution in [-0.4, -0.2) is 48.3 Å². The molecule has 0 saturated carbocycles. The first-order valence-electron chi connectivity index (χ1n) is 6.70. The number of piperazine rings is 1. The number of benzene rings is 1. The largest absolute Gasteiger partial charge is 0.397 e. The number of hydrogen-bond acceptors (Lipinski definition) is 4. The zero-order valence-electron chi connectivity index (χ0n) is 11.9. The molecule has 6 heteroatoms. The van der Waals surface area contributed by atoms with E-state index in [1.165, 1.54) is 12.1 Å². The lowest BCUT2D eigenvalue weighted by Gasteiger charge is -2.38. The first-order valence-corrected chi connectivity index (χ1v) is 7.08. The highest BCUT2D eigenvalue weighted by Crippen LogP contribution is 2.30. The smallest absolute Gasteiger partial charge is 0.144 e. The summed E-state index contributed by atoms with van der Waals surface area (Å²) in [7, 11) is 0. The summed E-state index contributed by atoms with van der Waals surface area (Å²) in [5.74, 6) is -0.449. The van der Waals surface area contributed by atoms with Gasteiger partial charge in [-0.2, -0.15) is 0 Å². The molecule has 1 aliphatic rings. The highest BCUT2D eigenvalue weighted by atomic mass is 35.5. The first kappa shape index (κ1) is 15.4. The maximum absolute atomic E-state index is 13.6. The third-order valence-electron chi connectivity index (χ3n) is 3.39. The third-order valence-corrected chi connectivity index (χ3v) is 3.68. The molecule has 0 amide bonds. The van der Waals surface area contributed by atoms with Gasteiger partial charge in [-0.05, 0) is 19.9 Å². The number of anilines is 2. The molecule has 4 nitrogen and oxygen atoms in total. The van der Waals surface area contributed by atoms with Crippen molar-refractivity contribution in [2.24, 2.45) is 0 Å². The summed E-state index contributed by atoms with van der Waals surface area (Å²) in [5, 5.41) is 9.87. The zero-order chi connectivity index (χ0) is 14.9. The maximum Gasteiger partial charge on any atom is 0.144 e. The Morgan fingerprint density at radius 2 is 1.90 bits per heavy atom. The summed E-state index contributed by atoms with van der Waals surface area (Å²) in [6, 6.07) is 2.85. The molecule has 1 aromatic rings. The quantitative estimate of drug-likeness (QED) is 0.838. The van der Waals surface area contributed by atoms with Gasteiger partial charge in [0.05, 0.1) is 22.0 Å². The Morgan fingerprint density at radius 1 is 1.30 bits per heavy atom. The lowest BCUT2D eigenvalue weighted by Crippen LogP contribution is -2.50. The second-order valence-corrected chi connectivity index (χ2v) is 6.31. The predicted octanol–water partition coefficient (Wildman–Crippen LogP) is 1.95. The lowest BCUT2D eigenvalue weighted by molar-refractivity contribution is 0.0345. The minimum Gasteiger partial charge on any atom is -0.397 e. The van der Waals surface area contributed by atoms with Gasteiger partial charge in [0.1, 0.15) is 5.82 Å². The van der Waals surface area contributed by atoms with E-state index in [1.807, 2.05) is 0 Å². The zero-order valence-corrected chi connectivity index (χ0v) is 12.6. The number of rotatable bonds is 3. The average Bonchev–Trinajstić information content (AvgIpc) is 2.33. The summed E-state index contributed by atoms with van der Waals surface area (Å²) in [5.41, 5.74) is 6.39. The van der Waals surface area contributed by atoms with Crippen LogP contribution in [0.3, 0.4) is 0 Å². The molecule has 0 aliphatic carbocycles. The van der Waals surface area contributed by atoms with Crippen LogP contribution in [0.25, 0.3) is 0 Å². The lowest BCUT2D eigenvalue weighted by atomic mass is 10.1. The van der Waals surface area contributed by atoms with Crippen LogP contribution in [0.15, 0.2) is 12.1 Å². The van der Waals surface area contributed by atoms with E-state index < -0.39 is 11.4 Å². The maximum atomic E-state index is 13.6. The molecule has 0 unspecified atom stereocenters. The van der Waals surface area contributed by atoms with Gasteiger partial charge in [-0.3, -0.25) is 4.90 Å². The van der Waals surface area contributed by atoms with Crippen LogP contribution in [-0.2, 0) is 0 Å². The average molecular weight is 302 g/mol. The fraction of sp³-hybridized carbons (Fsp3) is 0.571. The Hall–Kier alpha value is -1.04. The monoisotopic (exact) mass is 301 g/mol. The molecule has 1 saturated heterocycles. The fourth-order valence-electron chi connectivity index (χ4n) is 2.52. The van der Waals surface area contributed by atoms with Crippen molar-refractivity contribution < 1.29 is 9.50 Å². The summed E-state index contributed by atoms with van der Waals surface area (Å²) < 4.78 is 13.6. The van der Waals surface area contributed by atoms with E-state index in [0.29, 0.717) is 17.9 Å². The molecule has 1 fully saturated rings. The van der Waals surface area contributed by atoms with Crippen molar-refractivity contribution in [3.05, 3.63) is 23.0 Å². The molecule has 0 bridgehead atoms. The minimum atomic E-state index is -0.701. The predicted molar refractivity (Wildman–Crippen MR) is 80.8 cm³/mol. The van der Waals surface area contributed by atoms with Crippen LogP contribution in [0, 0.1) is 5.82 Å². The van der Waals surface area contributed by atoms with Gasteiger partial charge in [0, 0.05) is 38.8 Å². The Balaban J connectivity index is 2.02. The number of halogens is 2. The molecule has 2 rings (SSSR count). The second kappa shape index (κ2) is 5.76. The van der Waals surface area contributed by atoms with E-state index in [0.717, 1.165) is 26.2 Å². The Kier molecular flexibility index (Phi) is 4.42. The Morgan fingerprint density at radius 3 is 2.45 bits per heavy atom. The van der Waals surface area contributed by atoms with Crippen molar-refractivity contribution in [1.29, 1.82) is 0 Å². The third kappa shape index (κ3) is 3.75. The Labute approximate surface area is 123 Å². The van der Waals surface area contributed by atoms with Crippen molar-refractivity contribution in [3.8, 4) is 0 Å². The first-order chi connectivity index (χ1) is 9.26. The second-order valence-electron chi connectivity index (χ2n) is 5.90. The highest BCUT2D eigenvalue weighted by molar-refractivity contribution is 6.31. The summed E-state index contributed by atoms with van der Waals surface area (Å²) in [6.07, 6.45) is 0. The van der Waals surface area contributed by atoms with Gasteiger partial charge in [-0.15, -0.1) is 0 Å². The highest BCUT2D eigenvalue weighted by Gasteiger charge is 2.24. The molecule has 20 heavy (non-hydrogen) atoms. The van der Waals surface area contributed by atoms with E-state index in [2.05, 4.69) is 9.80 Å².